The van der Waals surface area contributed by atoms with Gasteiger partial charge in [-0.25, -0.2) is 9.97 Å². The Balaban J connectivity index is 0.000000230. The van der Waals surface area contributed by atoms with Gasteiger partial charge in [0.25, 0.3) is 0 Å². The third kappa shape index (κ3) is 4.37. The number of amides is 2. The van der Waals surface area contributed by atoms with E-state index in [1.54, 1.807) is 0 Å². The van der Waals surface area contributed by atoms with Gasteiger partial charge in [-0.1, -0.05) is 0 Å². The fourth-order valence-electron chi connectivity index (χ4n) is 3.32. The molecule has 0 aromatic carbocycles. The molecule has 0 fully saturated rings. The van der Waals surface area contributed by atoms with Crippen LogP contribution in [0.2, 0.25) is 0 Å². The second-order valence-corrected chi connectivity index (χ2v) is 7.68. The van der Waals surface area contributed by atoms with Crippen molar-refractivity contribution in [3.05, 3.63) is 83.5 Å². The molecule has 32 heavy (non-hydrogen) atoms. The number of H-pyrrole nitrogens is 2. The molecule has 0 saturated heterocycles. The zero-order valence-corrected chi connectivity index (χ0v) is 17.7. The van der Waals surface area contributed by atoms with Crippen LogP contribution in [-0.2, 0) is 25.8 Å². The van der Waals surface area contributed by atoms with Crippen LogP contribution < -0.4 is 0 Å². The molecule has 8 heteroatoms. The third-order valence-corrected chi connectivity index (χ3v) is 5.27. The number of fused-ring (bicyclic) bond motifs is 8. The molecule has 2 amide bonds. The predicted octanol–water partition coefficient (Wildman–Crippen LogP) is 4.03. The number of rotatable bonds is 0. The van der Waals surface area contributed by atoms with Crippen molar-refractivity contribution in [2.75, 3.05) is 0 Å². The summed E-state index contributed by atoms with van der Waals surface area (Å²) in [6.45, 7) is 0. The van der Waals surface area contributed by atoms with Crippen molar-refractivity contribution in [3.8, 4) is 0 Å². The molecule has 7 nitrogen and oxygen atoms in total. The Morgan fingerprint density at radius 2 is 0.875 bits per heavy atom. The van der Waals surface area contributed by atoms with Gasteiger partial charge in [0.2, 0.25) is 0 Å². The van der Waals surface area contributed by atoms with Gasteiger partial charge in [0.05, 0.1) is 22.8 Å². The number of nitrogens with one attached hydrogen (secondary N) is 2. The quantitative estimate of drug-likeness (QED) is 0.269. The topological polar surface area (TPSA) is 94.7 Å². The van der Waals surface area contributed by atoms with Gasteiger partial charge >= 0.3 is 53.7 Å². The minimum absolute atomic E-state index is 0.352. The first-order valence-corrected chi connectivity index (χ1v) is 10.3. The summed E-state index contributed by atoms with van der Waals surface area (Å²) in [7, 11) is 0. The first kappa shape index (κ1) is 19.9. The Kier molecular flexibility index (Phi) is 5.15. The second kappa shape index (κ2) is 8.26. The molecule has 6 rings (SSSR count). The first-order chi connectivity index (χ1) is 15.5. The number of carbonyl (C=O) groups excluding carboxylic acids is 2. The van der Waals surface area contributed by atoms with E-state index in [-0.39, 0.29) is 11.8 Å². The van der Waals surface area contributed by atoms with Crippen molar-refractivity contribution >= 4 is 58.2 Å². The molecule has 0 atom stereocenters. The molecule has 3 aliphatic heterocycles. The Morgan fingerprint density at radius 1 is 0.562 bits per heavy atom. The molecule has 0 saturated carbocycles. The summed E-state index contributed by atoms with van der Waals surface area (Å²) in [5, 5.41) is 0. The Hall–Kier alpha value is -4.00. The second-order valence-electron chi connectivity index (χ2n) is 7.18. The Morgan fingerprint density at radius 3 is 1.12 bits per heavy atom. The average molecular weight is 462 g/mol. The number of aromatic amines is 2. The van der Waals surface area contributed by atoms with E-state index in [0.717, 1.165) is 48.8 Å². The standard InChI is InChI=1S/C20H14N4.C4H3NO2.Fe/c1-2-14-10-16-5-6-18(23-16)12-20-8-7-19(24-20)11-17-4-3-15(22-17)9-13(1)21-14;6-3-1-2-4(7)5-3;/h1-12,21,24H;1-2H,(H,5,6,7);/q;;+1/p-1. The van der Waals surface area contributed by atoms with Gasteiger partial charge in [0.15, 0.2) is 0 Å². The summed E-state index contributed by atoms with van der Waals surface area (Å²) in [6.07, 6.45) is 10.5. The van der Waals surface area contributed by atoms with Gasteiger partial charge < -0.3 is 9.97 Å². The van der Waals surface area contributed by atoms with Crippen LogP contribution in [0.4, 0.5) is 0 Å². The molecule has 0 spiro atoms. The third-order valence-electron chi connectivity index (χ3n) is 4.79. The molecule has 2 N–H and O–H groups in total. The SMILES string of the molecule is C1=Cc2cc3ccc(cc4nc(cc5ccc(cc1n2)[nH]5)C=C4)[nH]3.O=C1C=CC(=O)[N]1[Fe]. The normalized spacial score (nSPS) is 14.1. The number of hydrogen-bond acceptors (Lipinski definition) is 4. The van der Waals surface area contributed by atoms with Gasteiger partial charge in [-0.15, -0.1) is 0 Å². The van der Waals surface area contributed by atoms with Crippen molar-refractivity contribution in [1.82, 2.24) is 23.9 Å². The molecule has 3 aromatic heterocycles. The van der Waals surface area contributed by atoms with Crippen LogP contribution in [0.15, 0.2) is 60.7 Å². The molecule has 157 valence electrons. The van der Waals surface area contributed by atoms with Crippen LogP contribution in [0, 0.1) is 0 Å². The van der Waals surface area contributed by atoms with Crippen LogP contribution in [0.1, 0.15) is 22.8 Å². The minimum atomic E-state index is -0.352. The summed E-state index contributed by atoms with van der Waals surface area (Å²) in [4.78, 5) is 36.7. The summed E-state index contributed by atoms with van der Waals surface area (Å²) >= 11 is 3.17. The van der Waals surface area contributed by atoms with E-state index in [9.17, 15) is 9.59 Å². The summed E-state index contributed by atoms with van der Waals surface area (Å²) in [5.74, 6) is -0.704. The number of hydrogen-bond donors (Lipinski definition) is 2. The summed E-state index contributed by atoms with van der Waals surface area (Å²) in [5.41, 5.74) is 7.86. The van der Waals surface area contributed by atoms with Crippen LogP contribution in [0.3, 0.4) is 0 Å². The van der Waals surface area contributed by atoms with Crippen molar-refractivity contribution in [2.45, 2.75) is 0 Å². The van der Waals surface area contributed by atoms with Crippen LogP contribution in [-0.4, -0.2) is 35.7 Å². The molecular weight excluding hydrogens is 446 g/mol. The van der Waals surface area contributed by atoms with Gasteiger partial charge in [0, 0.05) is 22.1 Å². The van der Waals surface area contributed by atoms with Gasteiger partial charge in [-0.3, -0.25) is 0 Å². The van der Waals surface area contributed by atoms with Gasteiger partial charge in [-0.05, 0) is 72.8 Å². The van der Waals surface area contributed by atoms with E-state index in [1.165, 1.54) is 12.2 Å². The maximum atomic E-state index is 10.3. The monoisotopic (exact) mass is 462 g/mol. The predicted molar refractivity (Wildman–Crippen MR) is 120 cm³/mol. The van der Waals surface area contributed by atoms with Crippen LogP contribution in [0.5, 0.6) is 0 Å². The molecule has 3 aromatic rings. The van der Waals surface area contributed by atoms with Crippen molar-refractivity contribution in [2.24, 2.45) is 0 Å². The van der Waals surface area contributed by atoms with Crippen LogP contribution >= 0.6 is 0 Å². The van der Waals surface area contributed by atoms with Crippen molar-refractivity contribution in [3.63, 3.8) is 0 Å². The fourth-order valence-corrected chi connectivity index (χ4v) is 3.49. The summed E-state index contributed by atoms with van der Waals surface area (Å²) in [6, 6.07) is 16.4. The Labute approximate surface area is 191 Å². The molecule has 8 bridgehead atoms. The maximum absolute atomic E-state index is 10.3. The molecular formula is C24H16FeN5O2. The first-order valence-electron chi connectivity index (χ1n) is 9.77. The number of carbonyl (C=O) groups is 2. The van der Waals surface area contributed by atoms with E-state index in [1.807, 2.05) is 48.6 Å². The molecule has 0 aliphatic carbocycles. The van der Waals surface area contributed by atoms with E-state index in [2.05, 4.69) is 60.4 Å². The molecule has 0 unspecified atom stereocenters. The summed E-state index contributed by atoms with van der Waals surface area (Å²) < 4.78 is 0.806. The van der Waals surface area contributed by atoms with E-state index in [4.69, 9.17) is 0 Å². The molecule has 3 aliphatic rings. The molecule has 6 heterocycles. The van der Waals surface area contributed by atoms with Crippen molar-refractivity contribution < 1.29 is 25.8 Å². The van der Waals surface area contributed by atoms with E-state index >= 15 is 0 Å². The number of nitrogens with zero attached hydrogens (tertiary/aromatic N) is 3. The van der Waals surface area contributed by atoms with E-state index in [0.29, 0.717) is 0 Å². The number of imide groups is 1. The fraction of sp³-hybridized carbons (Fsp3) is 0. The van der Waals surface area contributed by atoms with Crippen LogP contribution in [0.25, 0.3) is 46.4 Å². The van der Waals surface area contributed by atoms with Gasteiger partial charge in [0.1, 0.15) is 0 Å². The molecule has 0 radical (unpaired) electrons. The number of aromatic nitrogens is 4. The van der Waals surface area contributed by atoms with Gasteiger partial charge in [-0.2, -0.15) is 0 Å². The van der Waals surface area contributed by atoms with Crippen molar-refractivity contribution in [1.29, 1.82) is 0 Å². The van der Waals surface area contributed by atoms with E-state index < -0.39 is 0 Å². The average Bonchev–Trinajstić information content (AvgIpc) is 3.59. The Bertz CT molecular complexity index is 1300. The zero-order valence-electron chi connectivity index (χ0n) is 16.6. The zero-order chi connectivity index (χ0) is 22.1.